The fourth-order valence-corrected chi connectivity index (χ4v) is 2.43. The van der Waals surface area contributed by atoms with Crippen LogP contribution in [0, 0.1) is 0 Å². The van der Waals surface area contributed by atoms with Gasteiger partial charge in [0.25, 0.3) is 0 Å². The Morgan fingerprint density at radius 1 is 1.42 bits per heavy atom. The second-order valence-corrected chi connectivity index (χ2v) is 5.71. The van der Waals surface area contributed by atoms with Gasteiger partial charge in [-0.05, 0) is 50.1 Å². The lowest BCUT2D eigenvalue weighted by atomic mass is 10.1. The highest BCUT2D eigenvalue weighted by atomic mass is 16.5. The highest BCUT2D eigenvalue weighted by Gasteiger charge is 2.16. The van der Waals surface area contributed by atoms with E-state index in [2.05, 4.69) is 20.7 Å². The third-order valence-electron chi connectivity index (χ3n) is 3.89. The Morgan fingerprint density at radius 3 is 2.92 bits per heavy atom. The van der Waals surface area contributed by atoms with Gasteiger partial charge >= 0.3 is 0 Å². The number of rotatable bonds is 6. The molecule has 3 rings (SSSR count). The molecular weight excluding hydrogens is 306 g/mol. The number of ether oxygens (including phenoxy) is 1. The molecule has 7 nitrogen and oxygen atoms in total. The Balaban J connectivity index is 1.49. The fourth-order valence-electron chi connectivity index (χ4n) is 2.43. The number of nitrogens with zero attached hydrogens (tertiary/aromatic N) is 3. The van der Waals surface area contributed by atoms with E-state index in [1.165, 1.54) is 6.33 Å². The Bertz CT molecular complexity index is 682. The van der Waals surface area contributed by atoms with Gasteiger partial charge in [0.2, 0.25) is 5.91 Å². The Morgan fingerprint density at radius 2 is 2.25 bits per heavy atom. The van der Waals surface area contributed by atoms with Crippen LogP contribution in [-0.4, -0.2) is 39.4 Å². The lowest BCUT2D eigenvalue weighted by Gasteiger charge is -2.22. The highest BCUT2D eigenvalue weighted by molar-refractivity contribution is 5.94. The summed E-state index contributed by atoms with van der Waals surface area (Å²) in [6.45, 7) is 2.50. The first kappa shape index (κ1) is 16.2. The Labute approximate surface area is 140 Å². The van der Waals surface area contributed by atoms with E-state index in [-0.39, 0.29) is 18.1 Å². The molecule has 0 saturated carbocycles. The van der Waals surface area contributed by atoms with E-state index in [1.807, 2.05) is 37.3 Å². The van der Waals surface area contributed by atoms with Crippen LogP contribution >= 0.6 is 0 Å². The molecule has 0 aliphatic carbocycles. The van der Waals surface area contributed by atoms with E-state index >= 15 is 0 Å². The third kappa shape index (κ3) is 4.20. The monoisotopic (exact) mass is 327 g/mol. The largest absolute Gasteiger partial charge is 0.497 e. The maximum Gasteiger partial charge on any atom is 0.241 e. The topological polar surface area (TPSA) is 81.1 Å². The number of carbonyl (C=O) groups excluding carboxylic acids is 1. The summed E-state index contributed by atoms with van der Waals surface area (Å²) in [5, 5.41) is 10.2. The number of anilines is 1. The summed E-state index contributed by atoms with van der Waals surface area (Å²) < 4.78 is 7.15. The van der Waals surface area contributed by atoms with Crippen LogP contribution in [0.1, 0.15) is 19.8 Å². The second-order valence-electron chi connectivity index (χ2n) is 5.71. The smallest absolute Gasteiger partial charge is 0.241 e. The number of amides is 1. The van der Waals surface area contributed by atoms with E-state index in [9.17, 15) is 4.79 Å². The quantitative estimate of drug-likeness (QED) is 0.846. The lowest BCUT2D eigenvalue weighted by molar-refractivity contribution is -0.117. The molecule has 0 saturated heterocycles. The standard InChI is InChI=1S/C17H21N5O2/c1-13(19-10-16-4-2-3-9-24-16)17(23)21-14-5-7-15(8-6-14)22-12-18-11-20-22/h3,5-9,11-13,16,19H,2,4,10H2,1H3,(H,21,23)/t13-,16+/m1/s1. The summed E-state index contributed by atoms with van der Waals surface area (Å²) in [6.07, 6.45) is 8.98. The van der Waals surface area contributed by atoms with E-state index < -0.39 is 0 Å². The van der Waals surface area contributed by atoms with Crippen molar-refractivity contribution >= 4 is 11.6 Å². The zero-order chi connectivity index (χ0) is 16.8. The fraction of sp³-hybridized carbons (Fsp3) is 0.353. The number of aromatic nitrogens is 3. The first-order valence-electron chi connectivity index (χ1n) is 8.02. The number of nitrogens with one attached hydrogen (secondary N) is 2. The maximum absolute atomic E-state index is 12.2. The Hall–Kier alpha value is -2.67. The van der Waals surface area contributed by atoms with Crippen molar-refractivity contribution in [3.63, 3.8) is 0 Å². The third-order valence-corrected chi connectivity index (χ3v) is 3.89. The van der Waals surface area contributed by atoms with E-state index in [0.717, 1.165) is 24.2 Å². The number of hydrogen-bond acceptors (Lipinski definition) is 5. The molecule has 2 atom stereocenters. The molecule has 1 aromatic carbocycles. The van der Waals surface area contributed by atoms with Gasteiger partial charge in [-0.25, -0.2) is 9.67 Å². The average molecular weight is 327 g/mol. The number of benzene rings is 1. The first-order valence-corrected chi connectivity index (χ1v) is 8.02. The van der Waals surface area contributed by atoms with Gasteiger partial charge in [-0.1, -0.05) is 0 Å². The minimum absolute atomic E-state index is 0.0742. The molecule has 7 heteroatoms. The molecule has 2 N–H and O–H groups in total. The molecule has 0 unspecified atom stereocenters. The molecule has 1 aromatic heterocycles. The van der Waals surface area contributed by atoms with Crippen molar-refractivity contribution in [1.29, 1.82) is 0 Å². The molecule has 1 aliphatic heterocycles. The zero-order valence-electron chi connectivity index (χ0n) is 13.6. The molecule has 2 aromatic rings. The number of allylic oxidation sites excluding steroid dienone is 1. The second kappa shape index (κ2) is 7.74. The van der Waals surface area contributed by atoms with Crippen LogP contribution in [0.15, 0.2) is 49.3 Å². The van der Waals surface area contributed by atoms with Crippen molar-refractivity contribution in [3.05, 3.63) is 49.3 Å². The summed E-state index contributed by atoms with van der Waals surface area (Å²) in [5.74, 6) is -0.0742. The molecular formula is C17H21N5O2. The molecule has 1 amide bonds. The molecule has 1 aliphatic rings. The molecule has 126 valence electrons. The van der Waals surface area contributed by atoms with Gasteiger partial charge in [0.05, 0.1) is 18.0 Å². The van der Waals surface area contributed by atoms with E-state index in [0.29, 0.717) is 6.54 Å². The van der Waals surface area contributed by atoms with Gasteiger partial charge in [0.15, 0.2) is 0 Å². The zero-order valence-corrected chi connectivity index (χ0v) is 13.6. The predicted octanol–water partition coefficient (Wildman–Crippen LogP) is 1.88. The van der Waals surface area contributed by atoms with Crippen molar-refractivity contribution in [1.82, 2.24) is 20.1 Å². The van der Waals surface area contributed by atoms with Crippen molar-refractivity contribution < 1.29 is 9.53 Å². The predicted molar refractivity (Wildman–Crippen MR) is 90.7 cm³/mol. The van der Waals surface area contributed by atoms with Crippen molar-refractivity contribution in [3.8, 4) is 5.69 Å². The summed E-state index contributed by atoms with van der Waals surface area (Å²) >= 11 is 0. The minimum Gasteiger partial charge on any atom is -0.497 e. The van der Waals surface area contributed by atoms with Gasteiger partial charge in [0.1, 0.15) is 18.8 Å². The summed E-state index contributed by atoms with van der Waals surface area (Å²) in [7, 11) is 0. The van der Waals surface area contributed by atoms with Gasteiger partial charge < -0.3 is 15.4 Å². The van der Waals surface area contributed by atoms with Crippen LogP contribution in [-0.2, 0) is 9.53 Å². The lowest BCUT2D eigenvalue weighted by Crippen LogP contribution is -2.42. The van der Waals surface area contributed by atoms with Gasteiger partial charge in [0, 0.05) is 12.2 Å². The summed E-state index contributed by atoms with van der Waals surface area (Å²) in [4.78, 5) is 16.2. The van der Waals surface area contributed by atoms with Crippen LogP contribution in [0.5, 0.6) is 0 Å². The van der Waals surface area contributed by atoms with Crippen molar-refractivity contribution in [2.45, 2.75) is 31.9 Å². The van der Waals surface area contributed by atoms with Gasteiger partial charge in [-0.3, -0.25) is 4.79 Å². The molecule has 0 radical (unpaired) electrons. The average Bonchev–Trinajstić information content (AvgIpc) is 3.16. The van der Waals surface area contributed by atoms with Crippen LogP contribution in [0.25, 0.3) is 5.69 Å². The van der Waals surface area contributed by atoms with Crippen LogP contribution in [0.4, 0.5) is 5.69 Å². The van der Waals surface area contributed by atoms with Gasteiger partial charge in [-0.15, -0.1) is 0 Å². The summed E-state index contributed by atoms with van der Waals surface area (Å²) in [5.41, 5.74) is 1.63. The SMILES string of the molecule is C[C@@H](NC[C@@H]1CCC=CO1)C(=O)Nc1ccc(-n2cncn2)cc1. The molecule has 2 heterocycles. The normalized spacial score (nSPS) is 18.0. The van der Waals surface area contributed by atoms with Crippen molar-refractivity contribution in [2.75, 3.05) is 11.9 Å². The van der Waals surface area contributed by atoms with Gasteiger partial charge in [-0.2, -0.15) is 5.10 Å². The van der Waals surface area contributed by atoms with Crippen LogP contribution < -0.4 is 10.6 Å². The van der Waals surface area contributed by atoms with E-state index in [1.54, 1.807) is 17.3 Å². The first-order chi connectivity index (χ1) is 11.7. The van der Waals surface area contributed by atoms with Crippen molar-refractivity contribution in [2.24, 2.45) is 0 Å². The summed E-state index contributed by atoms with van der Waals surface area (Å²) in [6, 6.07) is 7.15. The molecule has 0 spiro atoms. The molecule has 24 heavy (non-hydrogen) atoms. The van der Waals surface area contributed by atoms with Crippen LogP contribution in [0.2, 0.25) is 0 Å². The maximum atomic E-state index is 12.2. The highest BCUT2D eigenvalue weighted by Crippen LogP contribution is 2.13. The van der Waals surface area contributed by atoms with E-state index in [4.69, 9.17) is 4.74 Å². The number of carbonyl (C=O) groups is 1. The molecule has 0 bridgehead atoms. The molecule has 0 fully saturated rings. The Kier molecular flexibility index (Phi) is 5.22. The minimum atomic E-state index is -0.297. The number of hydrogen-bond donors (Lipinski definition) is 2. The van der Waals surface area contributed by atoms with Crippen LogP contribution in [0.3, 0.4) is 0 Å².